The number of aryl methyl sites for hydroxylation is 1. The number of nitrogens with zero attached hydrogens (tertiary/aromatic N) is 1. The highest BCUT2D eigenvalue weighted by atomic mass is 14.9. The summed E-state index contributed by atoms with van der Waals surface area (Å²) in [4.78, 5) is 4.06. The number of allylic oxidation sites excluding steroid dienone is 1. The second-order valence-electron chi connectivity index (χ2n) is 3.83. The molecule has 0 aliphatic rings. The third kappa shape index (κ3) is 4.59. The van der Waals surface area contributed by atoms with E-state index < -0.39 is 0 Å². The van der Waals surface area contributed by atoms with Crippen LogP contribution in [0.3, 0.4) is 0 Å². The van der Waals surface area contributed by atoms with Crippen molar-refractivity contribution in [3.05, 3.63) is 35.5 Å². The van der Waals surface area contributed by atoms with Crippen LogP contribution in [0.15, 0.2) is 35.0 Å². The van der Waals surface area contributed by atoms with Crippen molar-refractivity contribution >= 4 is 17.6 Å². The SMILES string of the molecule is CCN=CC=C(N)CNc1ccc(C)cc1N. The fourth-order valence-corrected chi connectivity index (χ4v) is 1.35. The zero-order chi connectivity index (χ0) is 12.7. The summed E-state index contributed by atoms with van der Waals surface area (Å²) in [7, 11) is 0. The molecule has 5 N–H and O–H groups in total. The van der Waals surface area contributed by atoms with Gasteiger partial charge in [-0.05, 0) is 37.6 Å². The summed E-state index contributed by atoms with van der Waals surface area (Å²) in [5.74, 6) is 0. The topological polar surface area (TPSA) is 76.4 Å². The molecule has 0 saturated carbocycles. The van der Waals surface area contributed by atoms with E-state index in [2.05, 4.69) is 10.3 Å². The molecule has 0 unspecified atom stereocenters. The summed E-state index contributed by atoms with van der Waals surface area (Å²) in [5, 5.41) is 3.19. The van der Waals surface area contributed by atoms with Crippen LogP contribution in [-0.2, 0) is 0 Å². The quantitative estimate of drug-likeness (QED) is 0.536. The first-order chi connectivity index (χ1) is 8.13. The van der Waals surface area contributed by atoms with Crippen LogP contribution < -0.4 is 16.8 Å². The maximum atomic E-state index is 5.88. The van der Waals surface area contributed by atoms with E-state index in [1.54, 1.807) is 12.3 Å². The normalized spacial score (nSPS) is 12.0. The lowest BCUT2D eigenvalue weighted by atomic mass is 10.2. The first-order valence-corrected chi connectivity index (χ1v) is 5.68. The first kappa shape index (κ1) is 13.1. The van der Waals surface area contributed by atoms with Crippen LogP contribution in [-0.4, -0.2) is 19.3 Å². The Morgan fingerprint density at radius 3 is 2.88 bits per heavy atom. The van der Waals surface area contributed by atoms with Crippen molar-refractivity contribution in [2.24, 2.45) is 10.7 Å². The van der Waals surface area contributed by atoms with Gasteiger partial charge in [0.1, 0.15) is 0 Å². The molecule has 0 fully saturated rings. The number of benzene rings is 1. The number of nitrogen functional groups attached to an aromatic ring is 1. The van der Waals surface area contributed by atoms with Crippen LogP contribution in [0.4, 0.5) is 11.4 Å². The Labute approximate surface area is 102 Å². The zero-order valence-electron chi connectivity index (χ0n) is 10.4. The Balaban J connectivity index is 2.55. The van der Waals surface area contributed by atoms with Crippen molar-refractivity contribution in [2.45, 2.75) is 13.8 Å². The van der Waals surface area contributed by atoms with Crippen molar-refractivity contribution in [1.82, 2.24) is 0 Å². The van der Waals surface area contributed by atoms with Crippen molar-refractivity contribution in [3.8, 4) is 0 Å². The van der Waals surface area contributed by atoms with E-state index in [1.807, 2.05) is 32.0 Å². The highest BCUT2D eigenvalue weighted by molar-refractivity contribution is 5.72. The number of nitrogens with two attached hydrogens (primary N) is 2. The van der Waals surface area contributed by atoms with Gasteiger partial charge in [-0.25, -0.2) is 0 Å². The molecular weight excluding hydrogens is 212 g/mol. The van der Waals surface area contributed by atoms with Crippen LogP contribution in [0, 0.1) is 6.92 Å². The first-order valence-electron chi connectivity index (χ1n) is 5.68. The average Bonchev–Trinajstić information content (AvgIpc) is 2.28. The Morgan fingerprint density at radius 1 is 1.47 bits per heavy atom. The number of hydrogen-bond acceptors (Lipinski definition) is 4. The monoisotopic (exact) mass is 232 g/mol. The molecule has 0 aliphatic heterocycles. The van der Waals surface area contributed by atoms with Crippen molar-refractivity contribution in [1.29, 1.82) is 0 Å². The number of nitrogens with one attached hydrogen (secondary N) is 1. The number of anilines is 2. The van der Waals surface area contributed by atoms with E-state index in [0.717, 1.165) is 29.2 Å². The van der Waals surface area contributed by atoms with E-state index >= 15 is 0 Å². The zero-order valence-corrected chi connectivity index (χ0v) is 10.4. The van der Waals surface area contributed by atoms with E-state index in [4.69, 9.17) is 11.5 Å². The predicted octanol–water partition coefficient (Wildman–Crippen LogP) is 1.92. The van der Waals surface area contributed by atoms with Gasteiger partial charge in [-0.1, -0.05) is 6.07 Å². The molecule has 0 aliphatic carbocycles. The second-order valence-corrected chi connectivity index (χ2v) is 3.83. The summed E-state index contributed by atoms with van der Waals surface area (Å²) in [5.41, 5.74) is 15.2. The smallest absolute Gasteiger partial charge is 0.0577 e. The third-order valence-corrected chi connectivity index (χ3v) is 2.27. The molecule has 1 rings (SSSR count). The molecular formula is C13H20N4. The van der Waals surface area contributed by atoms with Gasteiger partial charge < -0.3 is 16.8 Å². The summed E-state index contributed by atoms with van der Waals surface area (Å²) in [6.45, 7) is 5.31. The van der Waals surface area contributed by atoms with Gasteiger partial charge in [0.25, 0.3) is 0 Å². The molecule has 0 bridgehead atoms. The molecule has 0 aromatic heterocycles. The minimum absolute atomic E-state index is 0.559. The summed E-state index contributed by atoms with van der Waals surface area (Å²) in [6.07, 6.45) is 3.51. The largest absolute Gasteiger partial charge is 0.401 e. The lowest BCUT2D eigenvalue weighted by molar-refractivity contribution is 1.13. The third-order valence-electron chi connectivity index (χ3n) is 2.27. The highest BCUT2D eigenvalue weighted by Crippen LogP contribution is 2.19. The van der Waals surface area contributed by atoms with Gasteiger partial charge in [0.2, 0.25) is 0 Å². The maximum Gasteiger partial charge on any atom is 0.0577 e. The van der Waals surface area contributed by atoms with Gasteiger partial charge in [0.05, 0.1) is 17.9 Å². The molecule has 0 heterocycles. The molecule has 0 radical (unpaired) electrons. The van der Waals surface area contributed by atoms with Gasteiger partial charge in [0, 0.05) is 18.5 Å². The van der Waals surface area contributed by atoms with E-state index in [9.17, 15) is 0 Å². The second kappa shape index (κ2) is 6.58. The lowest BCUT2D eigenvalue weighted by Gasteiger charge is -2.09. The molecule has 17 heavy (non-hydrogen) atoms. The van der Waals surface area contributed by atoms with Crippen LogP contribution in [0.5, 0.6) is 0 Å². The molecule has 0 amide bonds. The molecule has 0 saturated heterocycles. The van der Waals surface area contributed by atoms with Gasteiger partial charge in [-0.2, -0.15) is 0 Å². The van der Waals surface area contributed by atoms with E-state index in [1.165, 1.54) is 0 Å². The fraction of sp³-hybridized carbons (Fsp3) is 0.308. The van der Waals surface area contributed by atoms with Crippen molar-refractivity contribution in [3.63, 3.8) is 0 Å². The summed E-state index contributed by atoms with van der Waals surface area (Å²) < 4.78 is 0. The number of hydrogen-bond donors (Lipinski definition) is 3. The highest BCUT2D eigenvalue weighted by Gasteiger charge is 1.98. The molecule has 1 aromatic carbocycles. The average molecular weight is 232 g/mol. The van der Waals surface area contributed by atoms with Gasteiger partial charge in [-0.15, -0.1) is 0 Å². The Morgan fingerprint density at radius 2 is 2.24 bits per heavy atom. The van der Waals surface area contributed by atoms with Gasteiger partial charge in [-0.3, -0.25) is 4.99 Å². The Hall–Kier alpha value is -1.97. The van der Waals surface area contributed by atoms with Crippen LogP contribution in [0.1, 0.15) is 12.5 Å². The van der Waals surface area contributed by atoms with E-state index in [-0.39, 0.29) is 0 Å². The standard InChI is InChI=1S/C13H20N4/c1-3-16-7-6-11(14)9-17-13-5-4-10(2)8-12(13)15/h4-8,17H,3,9,14-15H2,1-2H3. The molecule has 0 spiro atoms. The molecule has 0 atom stereocenters. The maximum absolute atomic E-state index is 5.88. The Kier molecular flexibility index (Phi) is 5.07. The minimum atomic E-state index is 0.559. The van der Waals surface area contributed by atoms with Gasteiger partial charge >= 0.3 is 0 Å². The van der Waals surface area contributed by atoms with Crippen molar-refractivity contribution < 1.29 is 0 Å². The number of rotatable bonds is 5. The fourth-order valence-electron chi connectivity index (χ4n) is 1.35. The van der Waals surface area contributed by atoms with Crippen LogP contribution in [0.25, 0.3) is 0 Å². The van der Waals surface area contributed by atoms with Crippen LogP contribution >= 0.6 is 0 Å². The molecule has 1 aromatic rings. The van der Waals surface area contributed by atoms with E-state index in [0.29, 0.717) is 6.54 Å². The summed E-state index contributed by atoms with van der Waals surface area (Å²) >= 11 is 0. The van der Waals surface area contributed by atoms with Crippen LogP contribution in [0.2, 0.25) is 0 Å². The Bertz CT molecular complexity index is 421. The predicted molar refractivity (Wildman–Crippen MR) is 75.4 cm³/mol. The lowest BCUT2D eigenvalue weighted by Crippen LogP contribution is -2.12. The molecule has 4 nitrogen and oxygen atoms in total. The summed E-state index contributed by atoms with van der Waals surface area (Å²) in [6, 6.07) is 5.90. The van der Waals surface area contributed by atoms with Gasteiger partial charge in [0.15, 0.2) is 0 Å². The minimum Gasteiger partial charge on any atom is -0.401 e. The molecule has 4 heteroatoms. The van der Waals surface area contributed by atoms with Crippen molar-refractivity contribution in [2.75, 3.05) is 24.1 Å². The molecule has 92 valence electrons. The number of aliphatic imine (C=N–C) groups is 1.